The number of rotatable bonds is 6. The normalized spacial score (nSPS) is 33.3. The first-order valence-corrected chi connectivity index (χ1v) is 10.1. The van der Waals surface area contributed by atoms with Crippen molar-refractivity contribution in [3.63, 3.8) is 0 Å². The van der Waals surface area contributed by atoms with Crippen molar-refractivity contribution in [3.8, 4) is 0 Å². The number of nitrogens with one attached hydrogen (secondary N) is 2. The fourth-order valence-corrected chi connectivity index (χ4v) is 6.01. The molecule has 0 aliphatic heterocycles. The van der Waals surface area contributed by atoms with E-state index in [-0.39, 0.29) is 29.8 Å². The molecule has 0 spiro atoms. The molecule has 1 amide bonds. The maximum atomic E-state index is 12.5. The van der Waals surface area contributed by atoms with Crippen molar-refractivity contribution >= 4 is 21.6 Å². The van der Waals surface area contributed by atoms with Gasteiger partial charge in [-0.25, -0.2) is 13.1 Å². The molecule has 4 unspecified atom stereocenters. The molecule has 0 radical (unpaired) electrons. The average molecular weight is 349 g/mol. The third kappa shape index (κ3) is 2.64. The number of nitrogens with two attached hydrogens (primary N) is 1. The minimum atomic E-state index is -3.59. The summed E-state index contributed by atoms with van der Waals surface area (Å²) in [5.74, 6) is 2.80. The molecule has 7 heteroatoms. The van der Waals surface area contributed by atoms with Gasteiger partial charge in [-0.15, -0.1) is 0 Å². The Labute approximate surface area is 142 Å². The quantitative estimate of drug-likeness (QED) is 0.717. The number of benzene rings is 1. The van der Waals surface area contributed by atoms with Gasteiger partial charge in [0.1, 0.15) is 0 Å². The van der Waals surface area contributed by atoms with E-state index in [2.05, 4.69) is 10.0 Å². The number of carbonyl (C=O) groups excluding carboxylic acids is 1. The van der Waals surface area contributed by atoms with Crippen LogP contribution in [-0.2, 0) is 14.8 Å². The van der Waals surface area contributed by atoms with Gasteiger partial charge in [-0.1, -0.05) is 6.07 Å². The minimum Gasteiger partial charge on any atom is -0.329 e. The molecule has 6 nitrogen and oxygen atoms in total. The summed E-state index contributed by atoms with van der Waals surface area (Å²) < 4.78 is 26.7. The molecular weight excluding hydrogens is 326 g/mol. The largest absolute Gasteiger partial charge is 0.329 e. The molecule has 0 heterocycles. The van der Waals surface area contributed by atoms with Crippen molar-refractivity contribution in [2.45, 2.75) is 24.2 Å². The third-order valence-corrected chi connectivity index (χ3v) is 7.35. The number of hydrogen-bond acceptors (Lipinski definition) is 4. The molecule has 4 rings (SSSR count). The van der Waals surface area contributed by atoms with Crippen LogP contribution in [-0.4, -0.2) is 27.4 Å². The standard InChI is InChI=1S/C17H23N3O3S/c18-6-7-19-24(22,23)13-3-1-2-12(9-13)20-17(21)16-14-10-4-5-11(8-10)15(14)16/h1-3,9-11,14-16,19H,4-8,18H2,(H,20,21). The maximum Gasteiger partial charge on any atom is 0.240 e. The van der Waals surface area contributed by atoms with Gasteiger partial charge >= 0.3 is 0 Å². The first kappa shape index (κ1) is 16.1. The Hall–Kier alpha value is -1.44. The molecule has 1 aromatic carbocycles. The molecule has 2 bridgehead atoms. The summed E-state index contributed by atoms with van der Waals surface area (Å²) in [7, 11) is -3.59. The predicted molar refractivity (Wildman–Crippen MR) is 90.6 cm³/mol. The SMILES string of the molecule is NCCNS(=O)(=O)c1cccc(NC(=O)C2C3C4CCC(C4)C23)c1. The highest BCUT2D eigenvalue weighted by molar-refractivity contribution is 7.89. The average Bonchev–Trinajstić information content (AvgIpc) is 3.02. The Morgan fingerprint density at radius 1 is 1.21 bits per heavy atom. The molecule has 24 heavy (non-hydrogen) atoms. The van der Waals surface area contributed by atoms with Crippen LogP contribution in [0.25, 0.3) is 0 Å². The monoisotopic (exact) mass is 349 g/mol. The van der Waals surface area contributed by atoms with Crippen molar-refractivity contribution in [2.75, 3.05) is 18.4 Å². The molecule has 3 aliphatic rings. The first-order valence-electron chi connectivity index (χ1n) is 8.62. The van der Waals surface area contributed by atoms with Gasteiger partial charge in [0, 0.05) is 24.7 Å². The second-order valence-electron chi connectivity index (χ2n) is 7.22. The van der Waals surface area contributed by atoms with Gasteiger partial charge in [-0.2, -0.15) is 0 Å². The van der Waals surface area contributed by atoms with Crippen LogP contribution in [0, 0.1) is 29.6 Å². The summed E-state index contributed by atoms with van der Waals surface area (Å²) in [6.45, 7) is 0.426. The summed E-state index contributed by atoms with van der Waals surface area (Å²) in [4.78, 5) is 12.7. The maximum absolute atomic E-state index is 12.5. The van der Waals surface area contributed by atoms with E-state index in [9.17, 15) is 13.2 Å². The van der Waals surface area contributed by atoms with E-state index >= 15 is 0 Å². The van der Waals surface area contributed by atoms with Gasteiger partial charge in [0.25, 0.3) is 0 Å². The predicted octanol–water partition coefficient (Wildman–Crippen LogP) is 1.15. The Kier molecular flexibility index (Phi) is 3.89. The molecule has 1 aromatic rings. The zero-order chi connectivity index (χ0) is 16.9. The highest BCUT2D eigenvalue weighted by Crippen LogP contribution is 2.69. The van der Waals surface area contributed by atoms with Crippen LogP contribution in [0.1, 0.15) is 19.3 Å². The lowest BCUT2D eigenvalue weighted by Crippen LogP contribution is -2.29. The van der Waals surface area contributed by atoms with Crippen LogP contribution in [0.4, 0.5) is 5.69 Å². The molecule has 130 valence electrons. The molecule has 3 fully saturated rings. The van der Waals surface area contributed by atoms with Gasteiger partial charge in [-0.3, -0.25) is 4.79 Å². The number of carbonyl (C=O) groups is 1. The highest BCUT2D eigenvalue weighted by atomic mass is 32.2. The van der Waals surface area contributed by atoms with E-state index in [4.69, 9.17) is 5.73 Å². The van der Waals surface area contributed by atoms with E-state index in [0.29, 0.717) is 17.5 Å². The van der Waals surface area contributed by atoms with E-state index in [1.807, 2.05) is 0 Å². The Balaban J connectivity index is 1.44. The highest BCUT2D eigenvalue weighted by Gasteiger charge is 2.67. The second-order valence-corrected chi connectivity index (χ2v) is 8.98. The number of hydrogen-bond donors (Lipinski definition) is 3. The van der Waals surface area contributed by atoms with Crippen molar-refractivity contribution < 1.29 is 13.2 Å². The molecule has 3 aliphatic carbocycles. The van der Waals surface area contributed by atoms with Crippen molar-refractivity contribution in [3.05, 3.63) is 24.3 Å². The van der Waals surface area contributed by atoms with Crippen molar-refractivity contribution in [1.29, 1.82) is 0 Å². The van der Waals surface area contributed by atoms with E-state index in [0.717, 1.165) is 11.8 Å². The van der Waals surface area contributed by atoms with Crippen molar-refractivity contribution in [1.82, 2.24) is 4.72 Å². The molecule has 4 N–H and O–H groups in total. The lowest BCUT2D eigenvalue weighted by molar-refractivity contribution is -0.118. The van der Waals surface area contributed by atoms with Crippen LogP contribution < -0.4 is 15.8 Å². The molecule has 0 aromatic heterocycles. The van der Waals surface area contributed by atoms with Gasteiger partial charge in [0.05, 0.1) is 4.90 Å². The van der Waals surface area contributed by atoms with Crippen LogP contribution in [0.5, 0.6) is 0 Å². The first-order chi connectivity index (χ1) is 11.5. The van der Waals surface area contributed by atoms with Crippen molar-refractivity contribution in [2.24, 2.45) is 35.3 Å². The topological polar surface area (TPSA) is 101 Å². The fourth-order valence-electron chi connectivity index (χ4n) is 4.92. The number of amides is 1. The fraction of sp³-hybridized carbons (Fsp3) is 0.588. The molecule has 0 saturated heterocycles. The number of fused-ring (bicyclic) bond motifs is 5. The van der Waals surface area contributed by atoms with Gasteiger partial charge in [0.2, 0.25) is 15.9 Å². The lowest BCUT2D eigenvalue weighted by atomic mass is 10.0. The second kappa shape index (κ2) is 5.82. The summed E-state index contributed by atoms with van der Waals surface area (Å²) in [6.07, 6.45) is 3.85. The van der Waals surface area contributed by atoms with Crippen LogP contribution in [0.15, 0.2) is 29.2 Å². The summed E-state index contributed by atoms with van der Waals surface area (Å²) in [5.41, 5.74) is 5.87. The van der Waals surface area contributed by atoms with Gasteiger partial charge in [-0.05, 0) is 61.1 Å². The lowest BCUT2D eigenvalue weighted by Gasteiger charge is -2.11. The number of anilines is 1. The van der Waals surface area contributed by atoms with Gasteiger partial charge in [0.15, 0.2) is 0 Å². The Morgan fingerprint density at radius 3 is 2.58 bits per heavy atom. The molecule has 4 atom stereocenters. The third-order valence-electron chi connectivity index (χ3n) is 5.89. The Bertz CT molecular complexity index is 748. The zero-order valence-corrected chi connectivity index (χ0v) is 14.3. The number of sulfonamides is 1. The summed E-state index contributed by atoms with van der Waals surface area (Å²) in [6, 6.07) is 6.39. The zero-order valence-electron chi connectivity index (χ0n) is 13.4. The van der Waals surface area contributed by atoms with E-state index in [1.165, 1.54) is 31.4 Å². The minimum absolute atomic E-state index is 0.0473. The molecular formula is C17H23N3O3S. The van der Waals surface area contributed by atoms with Gasteiger partial charge < -0.3 is 11.1 Å². The van der Waals surface area contributed by atoms with E-state index < -0.39 is 10.0 Å². The van der Waals surface area contributed by atoms with Crippen LogP contribution in [0.3, 0.4) is 0 Å². The Morgan fingerprint density at radius 2 is 1.92 bits per heavy atom. The summed E-state index contributed by atoms with van der Waals surface area (Å²) >= 11 is 0. The molecule has 3 saturated carbocycles. The summed E-state index contributed by atoms with van der Waals surface area (Å²) in [5, 5.41) is 2.91. The van der Waals surface area contributed by atoms with Crippen LogP contribution in [0.2, 0.25) is 0 Å². The van der Waals surface area contributed by atoms with E-state index in [1.54, 1.807) is 12.1 Å². The van der Waals surface area contributed by atoms with Crippen LogP contribution >= 0.6 is 0 Å². The smallest absolute Gasteiger partial charge is 0.240 e.